The molecule has 0 amide bonds. The lowest BCUT2D eigenvalue weighted by atomic mass is 10.3. The Balaban J connectivity index is 0.000000647. The number of imidazole rings is 1. The first kappa shape index (κ1) is 17.5. The number of aryl methyl sites for hydroxylation is 1. The minimum atomic E-state index is -3.22. The van der Waals surface area contributed by atoms with Crippen LogP contribution in [0, 0.1) is 0 Å². The highest BCUT2D eigenvalue weighted by Gasteiger charge is 2.10. The van der Waals surface area contributed by atoms with Gasteiger partial charge in [0.15, 0.2) is 9.84 Å². The van der Waals surface area contributed by atoms with Gasteiger partial charge in [0.25, 0.3) is 6.47 Å². The van der Waals surface area contributed by atoms with E-state index in [4.69, 9.17) is 9.90 Å². The summed E-state index contributed by atoms with van der Waals surface area (Å²) in [4.78, 5) is 13.1. The highest BCUT2D eigenvalue weighted by molar-refractivity contribution is 7.90. The Kier molecular flexibility index (Phi) is 5.20. The van der Waals surface area contributed by atoms with Crippen molar-refractivity contribution >= 4 is 39.0 Å². The Morgan fingerprint density at radius 3 is 2.46 bits per heavy atom. The van der Waals surface area contributed by atoms with Crippen molar-refractivity contribution in [2.24, 2.45) is 7.05 Å². The summed E-state index contributed by atoms with van der Waals surface area (Å²) in [5.74, 6) is 0.668. The molecule has 2 N–H and O–H groups in total. The third-order valence-corrected chi connectivity index (χ3v) is 4.42. The predicted molar refractivity (Wildman–Crippen MR) is 92.2 cm³/mol. The number of fused-ring (bicyclic) bond motifs is 1. The van der Waals surface area contributed by atoms with E-state index in [1.165, 1.54) is 6.26 Å². The van der Waals surface area contributed by atoms with Gasteiger partial charge in [-0.1, -0.05) is 18.2 Å². The van der Waals surface area contributed by atoms with Crippen molar-refractivity contribution in [3.63, 3.8) is 0 Å². The quantitative estimate of drug-likeness (QED) is 0.706. The number of carbonyl (C=O) groups is 1. The van der Waals surface area contributed by atoms with Crippen LogP contribution in [0.4, 0.5) is 11.6 Å². The fourth-order valence-corrected chi connectivity index (χ4v) is 2.86. The van der Waals surface area contributed by atoms with Crippen molar-refractivity contribution in [3.8, 4) is 0 Å². The number of para-hydroxylation sites is 2. The van der Waals surface area contributed by atoms with Gasteiger partial charge in [-0.05, 0) is 30.3 Å². The average molecular weight is 347 g/mol. The number of nitrogens with one attached hydrogen (secondary N) is 1. The number of rotatable bonds is 3. The lowest BCUT2D eigenvalue weighted by Crippen LogP contribution is -2.01. The number of nitrogens with zero attached hydrogens (tertiary/aromatic N) is 2. The first-order valence-electron chi connectivity index (χ1n) is 6.93. The van der Waals surface area contributed by atoms with Crippen molar-refractivity contribution in [3.05, 3.63) is 48.5 Å². The lowest BCUT2D eigenvalue weighted by molar-refractivity contribution is -0.122. The number of hydrogen-bond donors (Lipinski definition) is 2. The number of benzene rings is 2. The molecule has 0 aliphatic rings. The molecule has 7 nitrogen and oxygen atoms in total. The van der Waals surface area contributed by atoms with E-state index >= 15 is 0 Å². The first-order chi connectivity index (χ1) is 11.4. The van der Waals surface area contributed by atoms with Crippen LogP contribution in [0.5, 0.6) is 0 Å². The van der Waals surface area contributed by atoms with Crippen LogP contribution in [0.3, 0.4) is 0 Å². The average Bonchev–Trinajstić information content (AvgIpc) is 2.84. The minimum absolute atomic E-state index is 0.250. The van der Waals surface area contributed by atoms with Crippen LogP contribution in [0.25, 0.3) is 11.0 Å². The van der Waals surface area contributed by atoms with E-state index in [0.29, 0.717) is 11.6 Å². The Morgan fingerprint density at radius 2 is 1.83 bits per heavy atom. The van der Waals surface area contributed by atoms with Gasteiger partial charge < -0.3 is 15.0 Å². The molecule has 8 heteroatoms. The maximum Gasteiger partial charge on any atom is 0.290 e. The molecule has 0 aliphatic heterocycles. The van der Waals surface area contributed by atoms with Crippen LogP contribution >= 0.6 is 0 Å². The third-order valence-electron chi connectivity index (χ3n) is 3.31. The summed E-state index contributed by atoms with van der Waals surface area (Å²) in [6, 6.07) is 14.5. The molecule has 0 aliphatic carbocycles. The maximum absolute atomic E-state index is 11.6. The molecule has 1 aromatic heterocycles. The van der Waals surface area contributed by atoms with E-state index in [-0.39, 0.29) is 11.4 Å². The third kappa shape index (κ3) is 3.90. The van der Waals surface area contributed by atoms with Gasteiger partial charge in [-0.25, -0.2) is 13.4 Å². The topological polar surface area (TPSA) is 101 Å². The zero-order valence-corrected chi connectivity index (χ0v) is 14.0. The number of hydrogen-bond acceptors (Lipinski definition) is 5. The second kappa shape index (κ2) is 7.14. The number of anilines is 2. The van der Waals surface area contributed by atoms with Crippen LogP contribution in [0.15, 0.2) is 53.4 Å². The minimum Gasteiger partial charge on any atom is -0.483 e. The van der Waals surface area contributed by atoms with Crippen molar-refractivity contribution in [2.75, 3.05) is 11.6 Å². The maximum atomic E-state index is 11.6. The second-order valence-electron chi connectivity index (χ2n) is 5.01. The van der Waals surface area contributed by atoms with Gasteiger partial charge in [-0.2, -0.15) is 0 Å². The molecule has 3 rings (SSSR count). The van der Waals surface area contributed by atoms with E-state index in [2.05, 4.69) is 10.3 Å². The molecule has 1 heterocycles. The van der Waals surface area contributed by atoms with Crippen LogP contribution in [0.2, 0.25) is 0 Å². The van der Waals surface area contributed by atoms with Crippen molar-refractivity contribution in [1.82, 2.24) is 9.55 Å². The zero-order valence-electron chi connectivity index (χ0n) is 13.2. The van der Waals surface area contributed by atoms with Crippen LogP contribution in [-0.4, -0.2) is 35.8 Å². The number of sulfone groups is 1. The molecule has 0 unspecified atom stereocenters. The standard InChI is InChI=1S/C15H15N3O2S.CH2O2/c1-18-14-9-4-3-8-13(14)17-15(18)16-11-6-5-7-12(10-11)21(2,19)20;2-1-3/h3-10H,1-2H3,(H,16,17);1H,(H,2,3). The van der Waals surface area contributed by atoms with E-state index in [1.807, 2.05) is 41.9 Å². The summed E-state index contributed by atoms with van der Waals surface area (Å²) in [5, 5.41) is 10.1. The summed E-state index contributed by atoms with van der Waals surface area (Å²) in [6.07, 6.45) is 1.20. The van der Waals surface area contributed by atoms with Gasteiger partial charge in [0, 0.05) is 19.0 Å². The van der Waals surface area contributed by atoms with E-state index in [9.17, 15) is 8.42 Å². The fraction of sp³-hybridized carbons (Fsp3) is 0.125. The molecule has 0 saturated heterocycles. The normalized spacial score (nSPS) is 10.8. The molecule has 0 atom stereocenters. The number of aromatic nitrogens is 2. The largest absolute Gasteiger partial charge is 0.483 e. The first-order valence-corrected chi connectivity index (χ1v) is 8.82. The molecular formula is C16H17N3O4S. The molecule has 126 valence electrons. The van der Waals surface area contributed by atoms with E-state index in [1.54, 1.807) is 18.2 Å². The fourth-order valence-electron chi connectivity index (χ4n) is 2.19. The van der Waals surface area contributed by atoms with Crippen molar-refractivity contribution in [1.29, 1.82) is 0 Å². The molecule has 0 spiro atoms. The summed E-state index contributed by atoms with van der Waals surface area (Å²) < 4.78 is 25.1. The summed E-state index contributed by atoms with van der Waals surface area (Å²) in [5.41, 5.74) is 2.59. The van der Waals surface area contributed by atoms with Gasteiger partial charge >= 0.3 is 0 Å². The summed E-state index contributed by atoms with van der Waals surface area (Å²) >= 11 is 0. The SMILES string of the molecule is Cn1c(Nc2cccc(S(C)(=O)=O)c2)nc2ccccc21.O=CO. The number of carboxylic acid groups (broad SMARTS) is 1. The molecule has 2 aromatic carbocycles. The predicted octanol–water partition coefficient (Wildman–Crippen LogP) is 2.42. The summed E-state index contributed by atoms with van der Waals surface area (Å²) in [6.45, 7) is -0.250. The van der Waals surface area contributed by atoms with Crippen LogP contribution < -0.4 is 5.32 Å². The molecule has 0 radical (unpaired) electrons. The monoisotopic (exact) mass is 347 g/mol. The second-order valence-corrected chi connectivity index (χ2v) is 7.03. The Bertz CT molecular complexity index is 964. The van der Waals surface area contributed by atoms with Crippen LogP contribution in [-0.2, 0) is 21.7 Å². The Hall–Kier alpha value is -2.87. The van der Waals surface area contributed by atoms with Crippen molar-refractivity contribution < 1.29 is 18.3 Å². The van der Waals surface area contributed by atoms with Gasteiger partial charge in [0.05, 0.1) is 15.9 Å². The molecule has 0 bridgehead atoms. The van der Waals surface area contributed by atoms with Crippen LogP contribution in [0.1, 0.15) is 0 Å². The summed E-state index contributed by atoms with van der Waals surface area (Å²) in [7, 11) is -1.30. The van der Waals surface area contributed by atoms with Crippen molar-refractivity contribution in [2.45, 2.75) is 4.90 Å². The molecule has 0 saturated carbocycles. The lowest BCUT2D eigenvalue weighted by Gasteiger charge is -2.07. The zero-order chi connectivity index (χ0) is 17.7. The highest BCUT2D eigenvalue weighted by atomic mass is 32.2. The molecule has 0 fully saturated rings. The van der Waals surface area contributed by atoms with E-state index in [0.717, 1.165) is 11.0 Å². The molecule has 3 aromatic rings. The highest BCUT2D eigenvalue weighted by Crippen LogP contribution is 2.22. The molecular weight excluding hydrogens is 330 g/mol. The van der Waals surface area contributed by atoms with E-state index < -0.39 is 9.84 Å². The van der Waals surface area contributed by atoms with Gasteiger partial charge in [-0.3, -0.25) is 4.79 Å². The Morgan fingerprint density at radius 1 is 1.17 bits per heavy atom. The molecule has 24 heavy (non-hydrogen) atoms. The smallest absolute Gasteiger partial charge is 0.290 e. The van der Waals surface area contributed by atoms with Gasteiger partial charge in [-0.15, -0.1) is 0 Å². The van der Waals surface area contributed by atoms with Gasteiger partial charge in [0.1, 0.15) is 0 Å². The Labute approximate surface area is 139 Å². The van der Waals surface area contributed by atoms with Gasteiger partial charge in [0.2, 0.25) is 5.95 Å².